The molecule has 1 rings (SSSR count). The molecule has 0 aliphatic rings. The van der Waals surface area contributed by atoms with Crippen LogP contribution < -0.4 is 14.8 Å². The van der Waals surface area contributed by atoms with Crippen LogP contribution >= 0.6 is 24.0 Å². The van der Waals surface area contributed by atoms with Gasteiger partial charge in [0.05, 0.1) is 11.6 Å². The maximum absolute atomic E-state index is 6.22. The number of hydrogen-bond acceptors (Lipinski definition) is 3. The Hall–Kier alpha value is -1.08. The molecule has 0 unspecified atom stereocenters. The number of hydrogen-bond donors (Lipinski definition) is 1. The van der Waals surface area contributed by atoms with E-state index in [1.807, 2.05) is 19.1 Å². The third kappa shape index (κ3) is 5.92. The van der Waals surface area contributed by atoms with Gasteiger partial charge in [-0.05, 0) is 24.6 Å². The van der Waals surface area contributed by atoms with Gasteiger partial charge in [0.25, 0.3) is 0 Å². The molecule has 0 saturated carbocycles. The van der Waals surface area contributed by atoms with Gasteiger partial charge in [0.2, 0.25) is 0 Å². The highest BCUT2D eigenvalue weighted by Gasteiger charge is 2.12. The average Bonchev–Trinajstić information content (AvgIpc) is 2.36. The molecule has 0 atom stereocenters. The normalized spacial score (nSPS) is 9.80. The van der Waals surface area contributed by atoms with E-state index in [4.69, 9.17) is 27.5 Å². The van der Waals surface area contributed by atoms with Crippen LogP contribution in [-0.4, -0.2) is 19.3 Å². The van der Waals surface area contributed by atoms with Gasteiger partial charge in [0.15, 0.2) is 11.5 Å². The predicted octanol–water partition coefficient (Wildman–Crippen LogP) is 3.67. The Bertz CT molecular complexity index is 456. The summed E-state index contributed by atoms with van der Waals surface area (Å²) >= 11 is 6.22. The van der Waals surface area contributed by atoms with E-state index in [0.717, 1.165) is 12.1 Å². The second-order valence-corrected chi connectivity index (χ2v) is 4.77. The second kappa shape index (κ2) is 9.77. The summed E-state index contributed by atoms with van der Waals surface area (Å²) in [6.45, 7) is 7.54. The van der Waals surface area contributed by atoms with Gasteiger partial charge in [-0.25, -0.2) is 0 Å². The number of ether oxygens (including phenoxy) is 2. The minimum atomic E-state index is 0. The van der Waals surface area contributed by atoms with Crippen molar-refractivity contribution in [2.45, 2.75) is 33.4 Å². The Morgan fingerprint density at radius 3 is 2.60 bits per heavy atom. The van der Waals surface area contributed by atoms with Crippen molar-refractivity contribution in [1.82, 2.24) is 5.32 Å². The lowest BCUT2D eigenvalue weighted by Crippen LogP contribution is -2.21. The smallest absolute Gasteiger partial charge is 0.181 e. The molecule has 0 amide bonds. The molecule has 0 bridgehead atoms. The zero-order valence-corrected chi connectivity index (χ0v) is 13.6. The molecule has 0 aliphatic carbocycles. The van der Waals surface area contributed by atoms with E-state index in [0.29, 0.717) is 29.2 Å². The fourth-order valence-electron chi connectivity index (χ4n) is 1.56. The van der Waals surface area contributed by atoms with Crippen molar-refractivity contribution in [3.63, 3.8) is 0 Å². The van der Waals surface area contributed by atoms with Gasteiger partial charge < -0.3 is 14.8 Å². The average molecular weight is 318 g/mol. The van der Waals surface area contributed by atoms with Crippen LogP contribution in [-0.2, 0) is 6.54 Å². The second-order valence-electron chi connectivity index (χ2n) is 4.37. The molecule has 0 heterocycles. The van der Waals surface area contributed by atoms with E-state index in [1.54, 1.807) is 0 Å². The van der Waals surface area contributed by atoms with Crippen molar-refractivity contribution in [2.75, 3.05) is 13.2 Å². The number of nitrogens with one attached hydrogen (secondary N) is 1. The summed E-state index contributed by atoms with van der Waals surface area (Å²) in [6, 6.07) is 4.20. The molecule has 0 aromatic heterocycles. The van der Waals surface area contributed by atoms with E-state index >= 15 is 0 Å². The highest BCUT2D eigenvalue weighted by molar-refractivity contribution is 6.32. The first-order valence-corrected chi connectivity index (χ1v) is 6.71. The van der Waals surface area contributed by atoms with Gasteiger partial charge in [-0.3, -0.25) is 0 Å². The van der Waals surface area contributed by atoms with Crippen LogP contribution in [0.3, 0.4) is 0 Å². The van der Waals surface area contributed by atoms with Crippen molar-refractivity contribution in [1.29, 1.82) is 0 Å². The molecule has 112 valence electrons. The van der Waals surface area contributed by atoms with E-state index < -0.39 is 0 Å². The zero-order chi connectivity index (χ0) is 14.3. The molecule has 0 fully saturated rings. The van der Waals surface area contributed by atoms with Gasteiger partial charge in [-0.2, -0.15) is 0 Å². The largest absolute Gasteiger partial charge is 0.490 e. The summed E-state index contributed by atoms with van der Waals surface area (Å²) in [5.74, 6) is 3.56. The summed E-state index contributed by atoms with van der Waals surface area (Å²) in [5, 5.41) is 3.85. The maximum atomic E-state index is 6.22. The van der Waals surface area contributed by atoms with E-state index in [-0.39, 0.29) is 19.0 Å². The number of benzene rings is 1. The summed E-state index contributed by atoms with van der Waals surface area (Å²) in [7, 11) is 0. The van der Waals surface area contributed by atoms with Crippen LogP contribution in [0.4, 0.5) is 0 Å². The van der Waals surface area contributed by atoms with Crippen molar-refractivity contribution in [3.8, 4) is 23.8 Å². The van der Waals surface area contributed by atoms with Crippen LogP contribution in [0.1, 0.15) is 26.3 Å². The molecule has 3 nitrogen and oxygen atoms in total. The lowest BCUT2D eigenvalue weighted by molar-refractivity contribution is 0.299. The predicted molar refractivity (Wildman–Crippen MR) is 86.2 cm³/mol. The summed E-state index contributed by atoms with van der Waals surface area (Å²) < 4.78 is 11.0. The molecule has 20 heavy (non-hydrogen) atoms. The molecule has 0 radical (unpaired) electrons. The summed E-state index contributed by atoms with van der Waals surface area (Å²) in [5.41, 5.74) is 1.05. The van der Waals surface area contributed by atoms with Crippen LogP contribution in [0.25, 0.3) is 0 Å². The highest BCUT2D eigenvalue weighted by atomic mass is 35.5. The lowest BCUT2D eigenvalue weighted by Gasteiger charge is -2.15. The Labute approximate surface area is 132 Å². The number of terminal acetylenes is 1. The first kappa shape index (κ1) is 18.9. The van der Waals surface area contributed by atoms with E-state index in [9.17, 15) is 0 Å². The first-order valence-electron chi connectivity index (χ1n) is 6.33. The number of halogens is 2. The number of rotatable bonds is 7. The SMILES string of the molecule is C#CCOc1c(Cl)cc(CNC(C)C)cc1OCC.Cl. The first-order chi connectivity index (χ1) is 9.08. The minimum absolute atomic E-state index is 0. The Morgan fingerprint density at radius 2 is 2.05 bits per heavy atom. The van der Waals surface area contributed by atoms with Crippen molar-refractivity contribution < 1.29 is 9.47 Å². The molecule has 0 aliphatic heterocycles. The standard InChI is InChI=1S/C15H20ClNO2.ClH/c1-5-7-19-15-13(16)8-12(10-17-11(3)4)9-14(15)18-6-2;/h1,8-9,11,17H,6-7,10H2,2-4H3;1H. The summed E-state index contributed by atoms with van der Waals surface area (Å²) in [6.07, 6.45) is 5.19. The Kier molecular flexibility index (Phi) is 9.24. The molecule has 1 aromatic carbocycles. The molecular weight excluding hydrogens is 297 g/mol. The fourth-order valence-corrected chi connectivity index (χ4v) is 1.85. The lowest BCUT2D eigenvalue weighted by atomic mass is 10.2. The monoisotopic (exact) mass is 317 g/mol. The van der Waals surface area contributed by atoms with Gasteiger partial charge in [0, 0.05) is 12.6 Å². The highest BCUT2D eigenvalue weighted by Crippen LogP contribution is 2.36. The molecule has 1 aromatic rings. The van der Waals surface area contributed by atoms with Gasteiger partial charge in [-0.1, -0.05) is 31.4 Å². The third-order valence-electron chi connectivity index (χ3n) is 2.38. The van der Waals surface area contributed by atoms with Gasteiger partial charge in [0.1, 0.15) is 6.61 Å². The molecule has 1 N–H and O–H groups in total. The van der Waals surface area contributed by atoms with Crippen LogP contribution in [0.2, 0.25) is 5.02 Å². The maximum Gasteiger partial charge on any atom is 0.181 e. The molecule has 0 spiro atoms. The van der Waals surface area contributed by atoms with Crippen LogP contribution in [0, 0.1) is 12.3 Å². The van der Waals surface area contributed by atoms with Crippen molar-refractivity contribution in [2.24, 2.45) is 0 Å². The van der Waals surface area contributed by atoms with Crippen LogP contribution in [0.5, 0.6) is 11.5 Å². The van der Waals surface area contributed by atoms with Gasteiger partial charge in [-0.15, -0.1) is 18.8 Å². The third-order valence-corrected chi connectivity index (χ3v) is 2.66. The zero-order valence-electron chi connectivity index (χ0n) is 12.0. The Morgan fingerprint density at radius 1 is 1.35 bits per heavy atom. The molecular formula is C15H21Cl2NO2. The van der Waals surface area contributed by atoms with Crippen LogP contribution in [0.15, 0.2) is 12.1 Å². The minimum Gasteiger partial charge on any atom is -0.490 e. The van der Waals surface area contributed by atoms with Gasteiger partial charge >= 0.3 is 0 Å². The summed E-state index contributed by atoms with van der Waals surface area (Å²) in [4.78, 5) is 0. The van der Waals surface area contributed by atoms with E-state index in [2.05, 4.69) is 25.1 Å². The van der Waals surface area contributed by atoms with E-state index in [1.165, 1.54) is 0 Å². The van der Waals surface area contributed by atoms with Crippen molar-refractivity contribution in [3.05, 3.63) is 22.7 Å². The Balaban J connectivity index is 0.00000361. The topological polar surface area (TPSA) is 30.5 Å². The van der Waals surface area contributed by atoms with Crippen molar-refractivity contribution >= 4 is 24.0 Å². The quantitative estimate of drug-likeness (QED) is 0.778. The molecule has 5 heteroatoms. The fraction of sp³-hybridized carbons (Fsp3) is 0.467. The molecule has 0 saturated heterocycles.